The summed E-state index contributed by atoms with van der Waals surface area (Å²) in [5.41, 5.74) is 2.95. The number of piperazine rings is 1. The number of hydrogen-bond donors (Lipinski definition) is 1. The number of benzene rings is 2. The van der Waals surface area contributed by atoms with Crippen LogP contribution in [0.2, 0.25) is 0 Å². The van der Waals surface area contributed by atoms with E-state index in [1.165, 1.54) is 17.3 Å². The van der Waals surface area contributed by atoms with Gasteiger partial charge in [-0.25, -0.2) is 14.4 Å². The van der Waals surface area contributed by atoms with Crippen molar-refractivity contribution in [3.8, 4) is 0 Å². The molecule has 0 aliphatic carbocycles. The van der Waals surface area contributed by atoms with Gasteiger partial charge in [0.15, 0.2) is 0 Å². The van der Waals surface area contributed by atoms with Crippen LogP contribution in [-0.2, 0) is 0 Å². The maximum Gasteiger partial charge on any atom is 0.146 e. The Balaban J connectivity index is 1.48. The Morgan fingerprint density at radius 1 is 0.857 bits per heavy atom. The van der Waals surface area contributed by atoms with Crippen molar-refractivity contribution in [2.45, 2.75) is 13.8 Å². The molecule has 6 heteroatoms. The zero-order valence-electron chi connectivity index (χ0n) is 16.2. The minimum absolute atomic E-state index is 0.299. The molecule has 2 aromatic carbocycles. The van der Waals surface area contributed by atoms with Gasteiger partial charge in [-0.05, 0) is 43.7 Å². The summed E-state index contributed by atoms with van der Waals surface area (Å²) in [4.78, 5) is 13.7. The lowest BCUT2D eigenvalue weighted by Crippen LogP contribution is -2.47. The van der Waals surface area contributed by atoms with Crippen LogP contribution in [0.25, 0.3) is 0 Å². The highest BCUT2D eigenvalue weighted by molar-refractivity contribution is 5.60. The Morgan fingerprint density at radius 3 is 2.36 bits per heavy atom. The van der Waals surface area contributed by atoms with Gasteiger partial charge in [0.05, 0.1) is 5.69 Å². The number of nitrogens with zero attached hydrogens (tertiary/aromatic N) is 4. The zero-order chi connectivity index (χ0) is 19.5. The highest BCUT2D eigenvalue weighted by Gasteiger charge is 2.19. The fourth-order valence-corrected chi connectivity index (χ4v) is 3.50. The van der Waals surface area contributed by atoms with Crippen LogP contribution in [0.3, 0.4) is 0 Å². The van der Waals surface area contributed by atoms with Gasteiger partial charge in [-0.2, -0.15) is 0 Å². The number of hydrogen-bond acceptors (Lipinski definition) is 5. The van der Waals surface area contributed by atoms with E-state index in [-0.39, 0.29) is 5.82 Å². The van der Waals surface area contributed by atoms with Gasteiger partial charge < -0.3 is 15.1 Å². The lowest BCUT2D eigenvalue weighted by Gasteiger charge is -2.37. The van der Waals surface area contributed by atoms with Gasteiger partial charge in [0.2, 0.25) is 0 Å². The van der Waals surface area contributed by atoms with Gasteiger partial charge in [-0.3, -0.25) is 0 Å². The molecule has 1 saturated heterocycles. The second kappa shape index (κ2) is 7.84. The Hall–Kier alpha value is -3.15. The average Bonchev–Trinajstić information content (AvgIpc) is 2.69. The quantitative estimate of drug-likeness (QED) is 0.734. The van der Waals surface area contributed by atoms with Gasteiger partial charge in [0.25, 0.3) is 0 Å². The van der Waals surface area contributed by atoms with Crippen molar-refractivity contribution in [1.29, 1.82) is 0 Å². The van der Waals surface area contributed by atoms with E-state index in [1.807, 2.05) is 13.0 Å². The monoisotopic (exact) mass is 377 g/mol. The summed E-state index contributed by atoms with van der Waals surface area (Å²) in [7, 11) is 0. The van der Waals surface area contributed by atoms with Crippen LogP contribution in [0.1, 0.15) is 11.4 Å². The Bertz CT molecular complexity index is 967. The minimum Gasteiger partial charge on any atom is -0.368 e. The Labute approximate surface area is 164 Å². The van der Waals surface area contributed by atoms with E-state index >= 15 is 0 Å². The Kier molecular flexibility index (Phi) is 5.10. The fourth-order valence-electron chi connectivity index (χ4n) is 3.50. The highest BCUT2D eigenvalue weighted by atomic mass is 19.1. The molecule has 5 nitrogen and oxygen atoms in total. The van der Waals surface area contributed by atoms with Gasteiger partial charge in [-0.15, -0.1) is 0 Å². The molecule has 3 aromatic rings. The molecule has 1 aliphatic heterocycles. The highest BCUT2D eigenvalue weighted by Crippen LogP contribution is 2.24. The molecule has 1 N–H and O–H groups in total. The van der Waals surface area contributed by atoms with E-state index in [0.29, 0.717) is 17.3 Å². The predicted molar refractivity (Wildman–Crippen MR) is 112 cm³/mol. The molecule has 0 atom stereocenters. The number of aromatic nitrogens is 2. The molecule has 0 unspecified atom stereocenters. The first-order valence-corrected chi connectivity index (χ1v) is 9.52. The largest absolute Gasteiger partial charge is 0.368 e. The summed E-state index contributed by atoms with van der Waals surface area (Å²) < 4.78 is 13.9. The normalized spacial score (nSPS) is 14.2. The third kappa shape index (κ3) is 4.06. The Morgan fingerprint density at radius 2 is 1.61 bits per heavy atom. The summed E-state index contributed by atoms with van der Waals surface area (Å²) in [5, 5.41) is 3.07. The average molecular weight is 377 g/mol. The molecule has 1 aromatic heterocycles. The molecule has 0 spiro atoms. The maximum absolute atomic E-state index is 13.9. The first-order chi connectivity index (χ1) is 13.6. The maximum atomic E-state index is 13.9. The second-order valence-corrected chi connectivity index (χ2v) is 7.08. The van der Waals surface area contributed by atoms with Crippen LogP contribution in [0.15, 0.2) is 54.6 Å². The van der Waals surface area contributed by atoms with Crippen LogP contribution < -0.4 is 15.1 Å². The van der Waals surface area contributed by atoms with E-state index in [2.05, 4.69) is 56.3 Å². The molecule has 0 saturated carbocycles. The van der Waals surface area contributed by atoms with Crippen molar-refractivity contribution < 1.29 is 4.39 Å². The van der Waals surface area contributed by atoms with E-state index in [0.717, 1.165) is 32.0 Å². The van der Waals surface area contributed by atoms with Crippen LogP contribution in [0.5, 0.6) is 0 Å². The van der Waals surface area contributed by atoms with E-state index in [1.54, 1.807) is 18.2 Å². The van der Waals surface area contributed by atoms with Crippen molar-refractivity contribution in [2.75, 3.05) is 41.3 Å². The van der Waals surface area contributed by atoms with E-state index in [4.69, 9.17) is 0 Å². The fraction of sp³-hybridized carbons (Fsp3) is 0.273. The lowest BCUT2D eigenvalue weighted by atomic mass is 10.2. The van der Waals surface area contributed by atoms with E-state index < -0.39 is 0 Å². The molecule has 1 fully saturated rings. The van der Waals surface area contributed by atoms with Crippen molar-refractivity contribution >= 4 is 23.0 Å². The van der Waals surface area contributed by atoms with Gasteiger partial charge in [-0.1, -0.05) is 24.3 Å². The predicted octanol–water partition coefficient (Wildman–Crippen LogP) is 4.30. The second-order valence-electron chi connectivity index (χ2n) is 7.08. The lowest BCUT2D eigenvalue weighted by molar-refractivity contribution is 0.631. The summed E-state index contributed by atoms with van der Waals surface area (Å²) in [6, 6.07) is 17.1. The third-order valence-electron chi connectivity index (χ3n) is 4.93. The van der Waals surface area contributed by atoms with Crippen molar-refractivity contribution in [1.82, 2.24) is 9.97 Å². The molecule has 28 heavy (non-hydrogen) atoms. The summed E-state index contributed by atoms with van der Waals surface area (Å²) in [6.07, 6.45) is 0. The number of rotatable bonds is 4. The molecular formula is C22H24FN5. The smallest absolute Gasteiger partial charge is 0.146 e. The van der Waals surface area contributed by atoms with Crippen LogP contribution in [0.4, 0.5) is 27.4 Å². The molecule has 144 valence electrons. The molecule has 0 radical (unpaired) electrons. The topological polar surface area (TPSA) is 44.3 Å². The van der Waals surface area contributed by atoms with E-state index in [9.17, 15) is 4.39 Å². The van der Waals surface area contributed by atoms with Crippen LogP contribution in [0, 0.1) is 19.7 Å². The number of anilines is 4. The standard InChI is InChI=1S/C22H24FN5/c1-16-6-5-7-18(14-16)27-10-12-28(13-11-27)22-15-21(24-17(2)25-22)26-20-9-4-3-8-19(20)23/h3-9,14-15H,10-13H2,1-2H3,(H,24,25,26). The minimum atomic E-state index is -0.299. The number of nitrogens with one attached hydrogen (secondary N) is 1. The number of halogens is 1. The molecule has 4 rings (SSSR count). The first-order valence-electron chi connectivity index (χ1n) is 9.52. The number of aryl methyl sites for hydroxylation is 2. The third-order valence-corrected chi connectivity index (χ3v) is 4.93. The van der Waals surface area contributed by atoms with Crippen molar-refractivity contribution in [2.24, 2.45) is 0 Å². The zero-order valence-corrected chi connectivity index (χ0v) is 16.2. The summed E-state index contributed by atoms with van der Waals surface area (Å²) in [6.45, 7) is 7.60. The molecule has 2 heterocycles. The SMILES string of the molecule is Cc1cccc(N2CCN(c3cc(Nc4ccccc4F)nc(C)n3)CC2)c1. The molecule has 0 amide bonds. The van der Waals surface area contributed by atoms with Crippen LogP contribution in [-0.4, -0.2) is 36.1 Å². The van der Waals surface area contributed by atoms with Crippen molar-refractivity contribution in [3.05, 3.63) is 71.8 Å². The first kappa shape index (κ1) is 18.2. The van der Waals surface area contributed by atoms with Gasteiger partial charge >= 0.3 is 0 Å². The summed E-state index contributed by atoms with van der Waals surface area (Å²) in [5.74, 6) is 1.84. The summed E-state index contributed by atoms with van der Waals surface area (Å²) >= 11 is 0. The molecular weight excluding hydrogens is 353 g/mol. The van der Waals surface area contributed by atoms with Crippen molar-refractivity contribution in [3.63, 3.8) is 0 Å². The van der Waals surface area contributed by atoms with Gasteiger partial charge in [0, 0.05) is 37.9 Å². The van der Waals surface area contributed by atoms with Gasteiger partial charge in [0.1, 0.15) is 23.3 Å². The van der Waals surface area contributed by atoms with Crippen LogP contribution >= 0.6 is 0 Å². The molecule has 0 bridgehead atoms. The molecule has 1 aliphatic rings. The number of para-hydroxylation sites is 1.